The largest absolute Gasteiger partial charge is 0.494 e. The predicted octanol–water partition coefficient (Wildman–Crippen LogP) is 3.25. The molecule has 0 spiro atoms. The molecule has 1 fully saturated rings. The number of fused-ring (bicyclic) bond motifs is 1. The number of para-hydroxylation sites is 1. The molecule has 2 aliphatic rings. The Bertz CT molecular complexity index is 998. The first-order chi connectivity index (χ1) is 15.7. The summed E-state index contributed by atoms with van der Waals surface area (Å²) in [6, 6.07) is 15.5. The first-order valence-electron chi connectivity index (χ1n) is 11.2. The molecule has 2 amide bonds. The van der Waals surface area contributed by atoms with Crippen LogP contribution in [0.1, 0.15) is 28.8 Å². The fourth-order valence-electron chi connectivity index (χ4n) is 4.31. The molecule has 1 saturated heterocycles. The van der Waals surface area contributed by atoms with Gasteiger partial charge in [0.2, 0.25) is 5.91 Å². The Morgan fingerprint density at radius 2 is 1.79 bits per heavy atom. The zero-order valence-corrected chi connectivity index (χ0v) is 19.6. The van der Waals surface area contributed by atoms with Crippen LogP contribution in [-0.2, 0) is 11.2 Å². The highest BCUT2D eigenvalue weighted by molar-refractivity contribution is 5.99. The van der Waals surface area contributed by atoms with Gasteiger partial charge >= 0.3 is 0 Å². The normalized spacial score (nSPS) is 15.9. The van der Waals surface area contributed by atoms with Crippen LogP contribution in [0.4, 0.5) is 5.69 Å². The van der Waals surface area contributed by atoms with E-state index in [1.807, 2.05) is 53.4 Å². The minimum Gasteiger partial charge on any atom is -0.494 e. The molecule has 0 aromatic heterocycles. The fourth-order valence-corrected chi connectivity index (χ4v) is 4.31. The second kappa shape index (κ2) is 11.7. The van der Waals surface area contributed by atoms with Crippen LogP contribution in [0.25, 0.3) is 0 Å². The van der Waals surface area contributed by atoms with Gasteiger partial charge in [-0.25, -0.2) is 0 Å². The maximum atomic E-state index is 13.1. The molecular weight excluding hydrogens is 438 g/mol. The van der Waals surface area contributed by atoms with Crippen molar-refractivity contribution in [2.75, 3.05) is 50.8 Å². The van der Waals surface area contributed by atoms with Crippen molar-refractivity contribution >= 4 is 29.9 Å². The number of piperazine rings is 1. The Morgan fingerprint density at radius 3 is 2.52 bits per heavy atom. The number of carbonyl (C=O) groups excluding carboxylic acids is 2. The lowest BCUT2D eigenvalue weighted by Gasteiger charge is -2.35. The standard InChI is InChI=1S/C26H29N3O3.ClH/c1-2-13-29-24-11-9-22(20-21(24)10-12-25(29)30)26(31)28-17-15-27(16-18-28)14-6-19-32-23-7-4-3-5-8-23;/h1,3-5,7-9,11,20H,6,10,12-19H2;1H. The molecule has 2 aliphatic heterocycles. The molecule has 0 atom stereocenters. The zero-order valence-electron chi connectivity index (χ0n) is 18.7. The van der Waals surface area contributed by atoms with Crippen molar-refractivity contribution in [3.63, 3.8) is 0 Å². The van der Waals surface area contributed by atoms with Crippen LogP contribution < -0.4 is 9.64 Å². The monoisotopic (exact) mass is 467 g/mol. The van der Waals surface area contributed by atoms with Crippen LogP contribution in [0.5, 0.6) is 5.75 Å². The molecule has 0 saturated carbocycles. The quantitative estimate of drug-likeness (QED) is 0.463. The number of hydrogen-bond acceptors (Lipinski definition) is 4. The van der Waals surface area contributed by atoms with E-state index >= 15 is 0 Å². The van der Waals surface area contributed by atoms with E-state index in [0.29, 0.717) is 25.0 Å². The summed E-state index contributed by atoms with van der Waals surface area (Å²) in [7, 11) is 0. The highest BCUT2D eigenvalue weighted by atomic mass is 35.5. The number of benzene rings is 2. The molecular formula is C26H30ClN3O3. The van der Waals surface area contributed by atoms with E-state index in [0.717, 1.165) is 56.1 Å². The molecule has 2 aromatic carbocycles. The minimum atomic E-state index is 0. The van der Waals surface area contributed by atoms with Gasteiger partial charge in [0.15, 0.2) is 0 Å². The van der Waals surface area contributed by atoms with E-state index in [9.17, 15) is 9.59 Å². The molecule has 4 rings (SSSR count). The number of carbonyl (C=O) groups is 2. The summed E-state index contributed by atoms with van der Waals surface area (Å²) in [5, 5.41) is 0. The number of ether oxygens (including phenoxy) is 1. The van der Waals surface area contributed by atoms with E-state index < -0.39 is 0 Å². The zero-order chi connectivity index (χ0) is 22.3. The SMILES string of the molecule is C#CCN1C(=O)CCc2cc(C(=O)N3CCN(CCCOc4ccccc4)CC3)ccc21.Cl. The van der Waals surface area contributed by atoms with Gasteiger partial charge in [0.05, 0.1) is 13.2 Å². The van der Waals surface area contributed by atoms with Crippen LogP contribution in [0.2, 0.25) is 0 Å². The maximum absolute atomic E-state index is 13.1. The molecule has 2 heterocycles. The van der Waals surface area contributed by atoms with Crippen molar-refractivity contribution in [2.45, 2.75) is 19.3 Å². The molecule has 0 radical (unpaired) electrons. The second-order valence-electron chi connectivity index (χ2n) is 8.18. The average molecular weight is 468 g/mol. The first kappa shape index (κ1) is 24.6. The number of anilines is 1. The van der Waals surface area contributed by atoms with E-state index in [4.69, 9.17) is 11.2 Å². The number of hydrogen-bond donors (Lipinski definition) is 0. The Kier molecular flexibility index (Phi) is 8.76. The lowest BCUT2D eigenvalue weighted by atomic mass is 9.98. The lowest BCUT2D eigenvalue weighted by molar-refractivity contribution is -0.118. The van der Waals surface area contributed by atoms with Crippen LogP contribution in [0.15, 0.2) is 48.5 Å². The third-order valence-electron chi connectivity index (χ3n) is 6.07. The van der Waals surface area contributed by atoms with Crippen molar-refractivity contribution in [3.8, 4) is 18.1 Å². The molecule has 0 bridgehead atoms. The topological polar surface area (TPSA) is 53.1 Å². The van der Waals surface area contributed by atoms with Gasteiger partial charge in [-0.2, -0.15) is 0 Å². The molecule has 6 nitrogen and oxygen atoms in total. The Hall–Kier alpha value is -3.01. The Balaban J connectivity index is 0.00000306. The number of terminal acetylenes is 1. The van der Waals surface area contributed by atoms with E-state index in [2.05, 4.69) is 10.8 Å². The highest BCUT2D eigenvalue weighted by Gasteiger charge is 2.26. The Labute approximate surface area is 201 Å². The second-order valence-corrected chi connectivity index (χ2v) is 8.18. The predicted molar refractivity (Wildman–Crippen MR) is 132 cm³/mol. The molecule has 0 N–H and O–H groups in total. The smallest absolute Gasteiger partial charge is 0.253 e. The van der Waals surface area contributed by atoms with Gasteiger partial charge in [-0.15, -0.1) is 18.8 Å². The summed E-state index contributed by atoms with van der Waals surface area (Å²) in [6.07, 6.45) is 7.45. The number of amides is 2. The molecule has 0 unspecified atom stereocenters. The maximum Gasteiger partial charge on any atom is 0.253 e. The first-order valence-corrected chi connectivity index (χ1v) is 11.2. The fraction of sp³-hybridized carbons (Fsp3) is 0.385. The molecule has 7 heteroatoms. The number of halogens is 1. The van der Waals surface area contributed by atoms with E-state index in [-0.39, 0.29) is 30.8 Å². The third-order valence-corrected chi connectivity index (χ3v) is 6.07. The van der Waals surface area contributed by atoms with E-state index in [1.165, 1.54) is 0 Å². The summed E-state index contributed by atoms with van der Waals surface area (Å²) in [5.74, 6) is 3.55. The summed E-state index contributed by atoms with van der Waals surface area (Å²) < 4.78 is 5.76. The van der Waals surface area contributed by atoms with Crippen molar-refractivity contribution in [1.29, 1.82) is 0 Å². The van der Waals surface area contributed by atoms with Crippen molar-refractivity contribution in [2.24, 2.45) is 0 Å². The van der Waals surface area contributed by atoms with Gasteiger partial charge < -0.3 is 14.5 Å². The molecule has 174 valence electrons. The Morgan fingerprint density at radius 1 is 1.03 bits per heavy atom. The van der Waals surface area contributed by atoms with Gasteiger partial charge in [0.25, 0.3) is 5.91 Å². The molecule has 33 heavy (non-hydrogen) atoms. The minimum absolute atomic E-state index is 0. The summed E-state index contributed by atoms with van der Waals surface area (Å²) >= 11 is 0. The van der Waals surface area contributed by atoms with Gasteiger partial charge in [-0.3, -0.25) is 14.5 Å². The van der Waals surface area contributed by atoms with Crippen molar-refractivity contribution in [3.05, 3.63) is 59.7 Å². The summed E-state index contributed by atoms with van der Waals surface area (Å²) in [6.45, 7) is 5.09. The average Bonchev–Trinajstić information content (AvgIpc) is 2.84. The van der Waals surface area contributed by atoms with Gasteiger partial charge in [0.1, 0.15) is 5.75 Å². The highest BCUT2D eigenvalue weighted by Crippen LogP contribution is 2.29. The number of nitrogens with zero attached hydrogens (tertiary/aromatic N) is 3. The molecule has 2 aromatic rings. The lowest BCUT2D eigenvalue weighted by Crippen LogP contribution is -2.49. The van der Waals surface area contributed by atoms with Crippen LogP contribution in [0.3, 0.4) is 0 Å². The number of rotatable bonds is 7. The third kappa shape index (κ3) is 6.07. The van der Waals surface area contributed by atoms with Crippen molar-refractivity contribution < 1.29 is 14.3 Å². The van der Waals surface area contributed by atoms with Gasteiger partial charge in [-0.05, 0) is 48.7 Å². The van der Waals surface area contributed by atoms with Crippen LogP contribution in [0, 0.1) is 12.3 Å². The molecule has 0 aliphatic carbocycles. The van der Waals surface area contributed by atoms with Crippen LogP contribution >= 0.6 is 12.4 Å². The van der Waals surface area contributed by atoms with Gasteiger partial charge in [0, 0.05) is 50.4 Å². The summed E-state index contributed by atoms with van der Waals surface area (Å²) in [5.41, 5.74) is 2.53. The van der Waals surface area contributed by atoms with Gasteiger partial charge in [-0.1, -0.05) is 24.1 Å². The van der Waals surface area contributed by atoms with Crippen molar-refractivity contribution in [1.82, 2.24) is 9.80 Å². The number of aryl methyl sites for hydroxylation is 1. The summed E-state index contributed by atoms with van der Waals surface area (Å²) in [4.78, 5) is 31.1. The van der Waals surface area contributed by atoms with E-state index in [1.54, 1.807) is 4.90 Å². The van der Waals surface area contributed by atoms with Crippen LogP contribution in [-0.4, -0.2) is 67.5 Å².